The van der Waals surface area contributed by atoms with Crippen LogP contribution in [-0.2, 0) is 20.7 Å². The molecule has 0 aromatic heterocycles. The minimum absolute atomic E-state index is 0.00839. The Bertz CT molecular complexity index is 635. The molecule has 1 aromatic rings. The van der Waals surface area contributed by atoms with Gasteiger partial charge < -0.3 is 15.0 Å². The highest BCUT2D eigenvalue weighted by Gasteiger charge is 2.24. The minimum Gasteiger partial charge on any atom is -0.378 e. The smallest absolute Gasteiger partial charge is 0.238 e. The van der Waals surface area contributed by atoms with Gasteiger partial charge in [-0.25, -0.2) is 0 Å². The van der Waals surface area contributed by atoms with E-state index in [4.69, 9.17) is 4.74 Å². The Morgan fingerprint density at radius 3 is 2.67 bits per heavy atom. The van der Waals surface area contributed by atoms with E-state index in [2.05, 4.69) is 17.1 Å². The average Bonchev–Trinajstić information content (AvgIpc) is 3.20. The predicted molar refractivity (Wildman–Crippen MR) is 106 cm³/mol. The Morgan fingerprint density at radius 1 is 1.19 bits per heavy atom. The van der Waals surface area contributed by atoms with Gasteiger partial charge in [-0.3, -0.25) is 14.5 Å². The number of rotatable bonds is 7. The maximum absolute atomic E-state index is 12.4. The number of piperazine rings is 1. The lowest BCUT2D eigenvalue weighted by atomic mass is 10.1. The van der Waals surface area contributed by atoms with Crippen molar-refractivity contribution in [1.82, 2.24) is 9.80 Å². The standard InChI is InChI=1S/C21H31N3O3/c1-2-17-6-3-4-8-19(17)22-20(25)16-23-11-13-24(14-12-23)21(26)10-9-18-7-5-15-27-18/h3-4,6,8,18H,2,5,7,9-16H2,1H3,(H,22,25). The van der Waals surface area contributed by atoms with Crippen molar-refractivity contribution < 1.29 is 14.3 Å². The van der Waals surface area contributed by atoms with Crippen molar-refractivity contribution in [2.45, 2.75) is 45.1 Å². The monoisotopic (exact) mass is 373 g/mol. The van der Waals surface area contributed by atoms with Crippen LogP contribution in [-0.4, -0.2) is 67.0 Å². The number of ether oxygens (including phenoxy) is 1. The van der Waals surface area contributed by atoms with Crippen molar-refractivity contribution in [3.05, 3.63) is 29.8 Å². The molecular formula is C21H31N3O3. The van der Waals surface area contributed by atoms with Crippen LogP contribution in [0.15, 0.2) is 24.3 Å². The van der Waals surface area contributed by atoms with Crippen LogP contribution in [0.5, 0.6) is 0 Å². The molecule has 0 radical (unpaired) electrons. The number of nitrogens with zero attached hydrogens (tertiary/aromatic N) is 2. The lowest BCUT2D eigenvalue weighted by molar-refractivity contribution is -0.133. The van der Waals surface area contributed by atoms with E-state index in [9.17, 15) is 9.59 Å². The predicted octanol–water partition coefficient (Wildman–Crippen LogP) is 2.29. The molecule has 2 aliphatic rings. The van der Waals surface area contributed by atoms with Crippen LogP contribution in [0.4, 0.5) is 5.69 Å². The zero-order valence-corrected chi connectivity index (χ0v) is 16.3. The number of para-hydroxylation sites is 1. The van der Waals surface area contributed by atoms with E-state index in [-0.39, 0.29) is 17.9 Å². The molecule has 6 nitrogen and oxygen atoms in total. The van der Waals surface area contributed by atoms with E-state index >= 15 is 0 Å². The molecule has 1 unspecified atom stereocenters. The van der Waals surface area contributed by atoms with E-state index in [1.165, 1.54) is 0 Å². The molecule has 27 heavy (non-hydrogen) atoms. The van der Waals surface area contributed by atoms with Crippen molar-refractivity contribution in [3.63, 3.8) is 0 Å². The fourth-order valence-electron chi connectivity index (χ4n) is 3.81. The summed E-state index contributed by atoms with van der Waals surface area (Å²) in [5, 5.41) is 3.02. The summed E-state index contributed by atoms with van der Waals surface area (Å²) in [6, 6.07) is 7.91. The maximum Gasteiger partial charge on any atom is 0.238 e. The summed E-state index contributed by atoms with van der Waals surface area (Å²) in [6.07, 6.45) is 4.75. The summed E-state index contributed by atoms with van der Waals surface area (Å²) in [6.45, 7) is 6.17. The van der Waals surface area contributed by atoms with Gasteiger partial charge in [-0.2, -0.15) is 0 Å². The Balaban J connectivity index is 1.38. The highest BCUT2D eigenvalue weighted by molar-refractivity contribution is 5.93. The van der Waals surface area contributed by atoms with Crippen LogP contribution in [0.2, 0.25) is 0 Å². The first kappa shape index (κ1) is 19.8. The van der Waals surface area contributed by atoms with Crippen LogP contribution < -0.4 is 5.32 Å². The highest BCUT2D eigenvalue weighted by Crippen LogP contribution is 2.18. The van der Waals surface area contributed by atoms with Gasteiger partial charge in [0.25, 0.3) is 0 Å². The summed E-state index contributed by atoms with van der Waals surface area (Å²) >= 11 is 0. The molecule has 1 atom stereocenters. The topological polar surface area (TPSA) is 61.9 Å². The molecule has 2 aliphatic heterocycles. The summed E-state index contributed by atoms with van der Waals surface area (Å²) in [5.74, 6) is 0.223. The summed E-state index contributed by atoms with van der Waals surface area (Å²) < 4.78 is 5.59. The zero-order valence-electron chi connectivity index (χ0n) is 16.3. The number of anilines is 1. The van der Waals surface area contributed by atoms with Gasteiger partial charge >= 0.3 is 0 Å². The molecule has 6 heteroatoms. The van der Waals surface area contributed by atoms with Crippen molar-refractivity contribution in [1.29, 1.82) is 0 Å². The van der Waals surface area contributed by atoms with Crippen molar-refractivity contribution in [2.24, 2.45) is 0 Å². The van der Waals surface area contributed by atoms with Crippen molar-refractivity contribution in [3.8, 4) is 0 Å². The molecule has 2 heterocycles. The second kappa shape index (κ2) is 9.85. The first-order valence-corrected chi connectivity index (χ1v) is 10.1. The van der Waals surface area contributed by atoms with Gasteiger partial charge in [0.15, 0.2) is 0 Å². The fraction of sp³-hybridized carbons (Fsp3) is 0.619. The molecule has 0 spiro atoms. The van der Waals surface area contributed by atoms with E-state index < -0.39 is 0 Å². The second-order valence-corrected chi connectivity index (χ2v) is 7.39. The Kier molecular flexibility index (Phi) is 7.24. The molecule has 2 amide bonds. The fourth-order valence-corrected chi connectivity index (χ4v) is 3.81. The average molecular weight is 373 g/mol. The summed E-state index contributed by atoms with van der Waals surface area (Å²) in [5.41, 5.74) is 2.04. The van der Waals surface area contributed by atoms with E-state index in [1.807, 2.05) is 29.2 Å². The van der Waals surface area contributed by atoms with Gasteiger partial charge in [0.05, 0.1) is 12.6 Å². The molecule has 2 saturated heterocycles. The van der Waals surface area contributed by atoms with Crippen LogP contribution in [0.1, 0.15) is 38.2 Å². The van der Waals surface area contributed by atoms with Crippen LogP contribution >= 0.6 is 0 Å². The molecule has 0 aliphatic carbocycles. The number of benzene rings is 1. The Morgan fingerprint density at radius 2 is 1.96 bits per heavy atom. The van der Waals surface area contributed by atoms with Crippen LogP contribution in [0.3, 0.4) is 0 Å². The third-order valence-electron chi connectivity index (χ3n) is 5.47. The number of amides is 2. The molecule has 148 valence electrons. The minimum atomic E-state index is 0.00839. The zero-order chi connectivity index (χ0) is 19.1. The summed E-state index contributed by atoms with van der Waals surface area (Å²) in [7, 11) is 0. The molecule has 3 rings (SSSR count). The van der Waals surface area contributed by atoms with Crippen LogP contribution in [0.25, 0.3) is 0 Å². The van der Waals surface area contributed by atoms with Gasteiger partial charge in [0.2, 0.25) is 11.8 Å². The van der Waals surface area contributed by atoms with Gasteiger partial charge in [-0.05, 0) is 37.3 Å². The lowest BCUT2D eigenvalue weighted by Gasteiger charge is -2.34. The van der Waals surface area contributed by atoms with E-state index in [1.54, 1.807) is 0 Å². The van der Waals surface area contributed by atoms with Crippen molar-refractivity contribution >= 4 is 17.5 Å². The van der Waals surface area contributed by atoms with Gasteiger partial charge in [0, 0.05) is 44.9 Å². The number of carbonyl (C=O) groups excluding carboxylic acids is 2. The van der Waals surface area contributed by atoms with Gasteiger partial charge in [-0.15, -0.1) is 0 Å². The van der Waals surface area contributed by atoms with Crippen LogP contribution in [0, 0.1) is 0 Å². The van der Waals surface area contributed by atoms with E-state index in [0.29, 0.717) is 26.1 Å². The number of carbonyl (C=O) groups is 2. The third kappa shape index (κ3) is 5.78. The molecule has 0 saturated carbocycles. The Labute approximate surface area is 161 Å². The van der Waals surface area contributed by atoms with Gasteiger partial charge in [0.1, 0.15) is 0 Å². The molecule has 2 fully saturated rings. The van der Waals surface area contributed by atoms with E-state index in [0.717, 1.165) is 56.6 Å². The number of aryl methyl sites for hydroxylation is 1. The SMILES string of the molecule is CCc1ccccc1NC(=O)CN1CCN(C(=O)CCC2CCCO2)CC1. The normalized spacial score (nSPS) is 20.6. The highest BCUT2D eigenvalue weighted by atomic mass is 16.5. The van der Waals surface area contributed by atoms with Crippen molar-refractivity contribution in [2.75, 3.05) is 44.6 Å². The summed E-state index contributed by atoms with van der Waals surface area (Å²) in [4.78, 5) is 28.8. The quantitative estimate of drug-likeness (QED) is 0.797. The molecule has 0 bridgehead atoms. The lowest BCUT2D eigenvalue weighted by Crippen LogP contribution is -2.50. The number of nitrogens with one attached hydrogen (secondary N) is 1. The Hall–Kier alpha value is -1.92. The number of hydrogen-bond donors (Lipinski definition) is 1. The van der Waals surface area contributed by atoms with Gasteiger partial charge in [-0.1, -0.05) is 25.1 Å². The maximum atomic E-state index is 12.4. The molecule has 1 N–H and O–H groups in total. The third-order valence-corrected chi connectivity index (χ3v) is 5.47. The number of hydrogen-bond acceptors (Lipinski definition) is 4. The largest absolute Gasteiger partial charge is 0.378 e. The first-order valence-electron chi connectivity index (χ1n) is 10.1. The second-order valence-electron chi connectivity index (χ2n) is 7.39. The molecule has 1 aromatic carbocycles. The molecular weight excluding hydrogens is 342 g/mol. The first-order chi connectivity index (χ1) is 13.2.